The summed E-state index contributed by atoms with van der Waals surface area (Å²) in [4.78, 5) is 10.6. The molecule has 0 saturated heterocycles. The van der Waals surface area contributed by atoms with Crippen molar-refractivity contribution in [3.63, 3.8) is 0 Å². The first-order valence-electron chi connectivity index (χ1n) is 8.70. The van der Waals surface area contributed by atoms with Crippen LogP contribution in [0.3, 0.4) is 0 Å². The zero-order valence-corrected chi connectivity index (χ0v) is 16.3. The van der Waals surface area contributed by atoms with E-state index in [-0.39, 0.29) is 5.69 Å². The summed E-state index contributed by atoms with van der Waals surface area (Å²) in [5.41, 5.74) is 8.63. The lowest BCUT2D eigenvalue weighted by atomic mass is 10.1. The normalized spacial score (nSPS) is 12.5. The summed E-state index contributed by atoms with van der Waals surface area (Å²) in [6.45, 7) is 3.07. The number of rotatable bonds is 5. The average molecular weight is 396 g/mol. The molecule has 28 heavy (non-hydrogen) atoms. The van der Waals surface area contributed by atoms with Crippen LogP contribution in [0.25, 0.3) is 0 Å². The average Bonchev–Trinajstić information content (AvgIpc) is 2.68. The molecule has 6 nitrogen and oxygen atoms in total. The fourth-order valence-electron chi connectivity index (χ4n) is 2.60. The predicted octanol–water partition coefficient (Wildman–Crippen LogP) is 4.62. The van der Waals surface area contributed by atoms with Crippen molar-refractivity contribution >= 4 is 24.8 Å². The Morgan fingerprint density at radius 1 is 1.11 bits per heavy atom. The molecule has 3 aromatic rings. The number of nitrogens with two attached hydrogens (primary N) is 1. The van der Waals surface area contributed by atoms with Gasteiger partial charge in [-0.05, 0) is 30.4 Å². The maximum Gasteiger partial charge on any atom is 0.279 e. The molecule has 4 rings (SSSR count). The van der Waals surface area contributed by atoms with E-state index in [9.17, 15) is 10.1 Å². The summed E-state index contributed by atoms with van der Waals surface area (Å²) in [5, 5.41) is 11.6. The van der Waals surface area contributed by atoms with Gasteiger partial charge < -0.3 is 15.0 Å². The summed E-state index contributed by atoms with van der Waals surface area (Å²) in [5.74, 6) is 1.05. The van der Waals surface area contributed by atoms with Gasteiger partial charge in [-0.25, -0.2) is 0 Å². The van der Waals surface area contributed by atoms with Gasteiger partial charge in [0.05, 0.1) is 25.0 Å². The number of hydrogen-bond donors (Lipinski definition) is 1. The Hall–Kier alpha value is -2.95. The molecule has 2 N–H and O–H groups in total. The maximum atomic E-state index is 11.0. The molecule has 0 aliphatic carbocycles. The molecule has 1 unspecified atom stereocenters. The molecule has 0 radical (unpaired) electrons. The fourth-order valence-corrected chi connectivity index (χ4v) is 3.89. The molecule has 0 spiro atoms. The van der Waals surface area contributed by atoms with Gasteiger partial charge in [0, 0.05) is 17.3 Å². The number of anilines is 1. The van der Waals surface area contributed by atoms with E-state index in [4.69, 9.17) is 15.0 Å². The Labute approximate surface area is 164 Å². The Kier molecular flexibility index (Phi) is 6.58. The van der Waals surface area contributed by atoms with Crippen LogP contribution < -0.4 is 15.8 Å². The van der Waals surface area contributed by atoms with Crippen LogP contribution >= 0.6 is 8.15 Å². The van der Waals surface area contributed by atoms with Crippen LogP contribution in [0.1, 0.15) is 11.1 Å². The van der Waals surface area contributed by atoms with Crippen molar-refractivity contribution in [2.75, 3.05) is 12.4 Å². The summed E-state index contributed by atoms with van der Waals surface area (Å²) in [6.07, 6.45) is 0. The molecule has 3 aromatic carbocycles. The van der Waals surface area contributed by atoms with Gasteiger partial charge in [-0.1, -0.05) is 48.5 Å². The lowest BCUT2D eigenvalue weighted by Crippen LogP contribution is -2.10. The second-order valence-electron chi connectivity index (χ2n) is 6.16. The molecule has 0 bridgehead atoms. The first kappa shape index (κ1) is 19.8. The van der Waals surface area contributed by atoms with Crippen LogP contribution in [0.15, 0.2) is 72.8 Å². The Balaban J connectivity index is 0.000000231. The van der Waals surface area contributed by atoms with Gasteiger partial charge in [0.25, 0.3) is 5.69 Å². The minimum Gasteiger partial charge on any atom is -0.488 e. The Morgan fingerprint density at radius 2 is 1.82 bits per heavy atom. The summed E-state index contributed by atoms with van der Waals surface area (Å²) < 4.78 is 10.8. The van der Waals surface area contributed by atoms with Crippen LogP contribution in [0, 0.1) is 10.1 Å². The van der Waals surface area contributed by atoms with Crippen molar-refractivity contribution in [2.24, 2.45) is 0 Å². The van der Waals surface area contributed by atoms with Crippen LogP contribution in [0.4, 0.5) is 11.4 Å². The Morgan fingerprint density at radius 3 is 2.39 bits per heavy atom. The highest BCUT2D eigenvalue weighted by Crippen LogP contribution is 2.36. The van der Waals surface area contributed by atoms with Gasteiger partial charge in [0.15, 0.2) is 0 Å². The quantitative estimate of drug-likeness (QED) is 0.294. The van der Waals surface area contributed by atoms with Crippen molar-refractivity contribution in [3.8, 4) is 5.75 Å². The van der Waals surface area contributed by atoms with Gasteiger partial charge in [0.1, 0.15) is 12.4 Å². The zero-order valence-electron chi connectivity index (χ0n) is 15.4. The number of para-hydroxylation sites is 1. The Bertz CT molecular complexity index is 927. The molecule has 1 aliphatic heterocycles. The van der Waals surface area contributed by atoms with Crippen molar-refractivity contribution in [3.05, 3.63) is 94.0 Å². The monoisotopic (exact) mass is 396 g/mol. The number of ether oxygens (including phenoxy) is 1. The van der Waals surface area contributed by atoms with Crippen molar-refractivity contribution in [1.29, 1.82) is 0 Å². The third-order valence-electron chi connectivity index (χ3n) is 4.16. The molecule has 1 aliphatic rings. The minimum absolute atomic E-state index is 0.0564. The summed E-state index contributed by atoms with van der Waals surface area (Å²) >= 11 is 0. The van der Waals surface area contributed by atoms with Crippen LogP contribution in [-0.4, -0.2) is 11.6 Å². The molecule has 0 aromatic heterocycles. The first-order chi connectivity index (χ1) is 13.5. The van der Waals surface area contributed by atoms with E-state index in [1.807, 2.05) is 55.2 Å². The number of nitro groups is 1. The first-order valence-corrected chi connectivity index (χ1v) is 10.4. The van der Waals surface area contributed by atoms with Gasteiger partial charge in [-0.15, -0.1) is 0 Å². The van der Waals surface area contributed by atoms with E-state index >= 15 is 0 Å². The maximum absolute atomic E-state index is 11.0. The van der Waals surface area contributed by atoms with E-state index < -0.39 is 13.1 Å². The largest absolute Gasteiger partial charge is 0.488 e. The number of nitrogen functional groups attached to an aromatic ring is 1. The zero-order chi connectivity index (χ0) is 19.9. The van der Waals surface area contributed by atoms with Gasteiger partial charge in [0.2, 0.25) is 0 Å². The standard InChI is InChI=1S/C14H15N2O3P.C7H6O/c1-20(19-10-11-5-3-2-4-6-11)14-9-12(15)7-8-13(14)16(17)18;1-2-4-7-6(3-1)5-8-7/h2-9H,10,15H2,1H3;1-4H,5H2. The van der Waals surface area contributed by atoms with Gasteiger partial charge in [-0.3, -0.25) is 10.1 Å². The fraction of sp³-hybridized carbons (Fsp3) is 0.143. The number of nitro benzene ring substituents is 1. The second kappa shape index (κ2) is 9.31. The van der Waals surface area contributed by atoms with E-state index in [0.29, 0.717) is 17.6 Å². The van der Waals surface area contributed by atoms with E-state index in [2.05, 4.69) is 6.07 Å². The molecule has 1 atom stereocenters. The molecule has 144 valence electrons. The molecule has 0 amide bonds. The third-order valence-corrected chi connectivity index (χ3v) is 5.71. The molecular formula is C21H21N2O4P. The summed E-state index contributed by atoms with van der Waals surface area (Å²) in [7, 11) is -1.09. The highest BCUT2D eigenvalue weighted by atomic mass is 31.1. The van der Waals surface area contributed by atoms with E-state index in [0.717, 1.165) is 17.9 Å². The van der Waals surface area contributed by atoms with Crippen molar-refractivity contribution in [2.45, 2.75) is 13.2 Å². The lowest BCUT2D eigenvalue weighted by Gasteiger charge is -2.18. The SMILES string of the molecule is CP(OCc1ccccc1)c1cc(N)ccc1[N+](=O)[O-].c1ccc2c(c1)CO2. The second-order valence-corrected chi connectivity index (χ2v) is 7.89. The number of fused-ring (bicyclic) bond motifs is 1. The minimum atomic E-state index is -1.09. The molecular weight excluding hydrogens is 375 g/mol. The highest BCUT2D eigenvalue weighted by molar-refractivity contribution is 7.60. The van der Waals surface area contributed by atoms with Crippen molar-refractivity contribution < 1.29 is 14.2 Å². The van der Waals surface area contributed by atoms with Crippen LogP contribution in [0.5, 0.6) is 5.75 Å². The van der Waals surface area contributed by atoms with Crippen molar-refractivity contribution in [1.82, 2.24) is 0 Å². The molecule has 1 heterocycles. The number of nitrogens with zero attached hydrogens (tertiary/aromatic N) is 1. The van der Waals surface area contributed by atoms with E-state index in [1.165, 1.54) is 17.7 Å². The predicted molar refractivity (Wildman–Crippen MR) is 112 cm³/mol. The van der Waals surface area contributed by atoms with Crippen LogP contribution in [-0.2, 0) is 17.7 Å². The number of benzene rings is 3. The smallest absolute Gasteiger partial charge is 0.279 e. The molecule has 0 fully saturated rings. The summed E-state index contributed by atoms with van der Waals surface area (Å²) in [6, 6.07) is 22.4. The molecule has 7 heteroatoms. The lowest BCUT2D eigenvalue weighted by molar-refractivity contribution is -0.383. The van der Waals surface area contributed by atoms with E-state index in [1.54, 1.807) is 6.07 Å². The molecule has 0 saturated carbocycles. The third kappa shape index (κ3) is 5.06. The van der Waals surface area contributed by atoms with Crippen LogP contribution in [0.2, 0.25) is 0 Å². The number of hydrogen-bond acceptors (Lipinski definition) is 5. The highest BCUT2D eigenvalue weighted by Gasteiger charge is 2.20. The topological polar surface area (TPSA) is 87.6 Å². The van der Waals surface area contributed by atoms with Gasteiger partial charge in [-0.2, -0.15) is 0 Å². The van der Waals surface area contributed by atoms with Gasteiger partial charge >= 0.3 is 0 Å².